The summed E-state index contributed by atoms with van der Waals surface area (Å²) < 4.78 is 0. The number of piperidine rings is 1. The second-order valence-corrected chi connectivity index (χ2v) is 6.24. The molecule has 0 spiro atoms. The summed E-state index contributed by atoms with van der Waals surface area (Å²) in [7, 11) is 0. The number of carbonyl (C=O) groups excluding carboxylic acids is 5. The lowest BCUT2D eigenvalue weighted by Crippen LogP contribution is -2.54. The Morgan fingerprint density at radius 2 is 2.00 bits per heavy atom. The number of anilines is 1. The van der Waals surface area contributed by atoms with Crippen LogP contribution in [0.15, 0.2) is 18.2 Å². The predicted octanol–water partition coefficient (Wildman–Crippen LogP) is -0.215. The van der Waals surface area contributed by atoms with Crippen molar-refractivity contribution in [2.75, 3.05) is 11.9 Å². The molecule has 2 heterocycles. The van der Waals surface area contributed by atoms with Crippen molar-refractivity contribution in [1.29, 1.82) is 0 Å². The molecule has 1 saturated heterocycles. The summed E-state index contributed by atoms with van der Waals surface area (Å²) in [5, 5.41) is 13.6. The molecule has 10 nitrogen and oxygen atoms in total. The van der Waals surface area contributed by atoms with Crippen molar-refractivity contribution in [2.45, 2.75) is 31.7 Å². The van der Waals surface area contributed by atoms with E-state index in [1.54, 1.807) is 12.1 Å². The van der Waals surface area contributed by atoms with Crippen LogP contribution in [0, 0.1) is 0 Å². The summed E-state index contributed by atoms with van der Waals surface area (Å²) in [6.45, 7) is 0.337. The number of nitrogens with one attached hydrogen (secondary N) is 3. The highest BCUT2D eigenvalue weighted by Crippen LogP contribution is 2.32. The molecule has 0 radical (unpaired) electrons. The van der Waals surface area contributed by atoms with E-state index in [9.17, 15) is 24.0 Å². The quantitative estimate of drug-likeness (QED) is 0.233. The first-order valence-corrected chi connectivity index (χ1v) is 8.45. The van der Waals surface area contributed by atoms with Crippen molar-refractivity contribution in [3.63, 3.8) is 0 Å². The molecule has 1 unspecified atom stereocenters. The molecule has 0 saturated carbocycles. The fraction of sp³-hybridized carbons (Fsp3) is 0.353. The summed E-state index contributed by atoms with van der Waals surface area (Å²) in [6.07, 6.45) is 0.639. The van der Waals surface area contributed by atoms with Gasteiger partial charge in [0.25, 0.3) is 11.8 Å². The molecule has 5 amide bonds. The molecule has 2 aliphatic rings. The highest BCUT2D eigenvalue weighted by Gasteiger charge is 2.45. The fourth-order valence-electron chi connectivity index (χ4n) is 3.19. The minimum atomic E-state index is -1.02. The largest absolute Gasteiger partial charge is 0.384 e. The zero-order chi connectivity index (χ0) is 19.6. The van der Waals surface area contributed by atoms with Crippen molar-refractivity contribution in [1.82, 2.24) is 15.7 Å². The maximum absolute atomic E-state index is 12.8. The van der Waals surface area contributed by atoms with Gasteiger partial charge in [-0.25, -0.2) is 5.48 Å². The number of rotatable bonds is 6. The third-order valence-corrected chi connectivity index (χ3v) is 4.49. The number of nitrogens with zero attached hydrogens (tertiary/aromatic N) is 1. The zero-order valence-corrected chi connectivity index (χ0v) is 14.3. The van der Waals surface area contributed by atoms with E-state index in [-0.39, 0.29) is 30.4 Å². The van der Waals surface area contributed by atoms with Gasteiger partial charge in [0.05, 0.1) is 11.1 Å². The van der Waals surface area contributed by atoms with Crippen LogP contribution in [-0.2, 0) is 14.4 Å². The Kier molecular flexibility index (Phi) is 5.17. The second kappa shape index (κ2) is 7.54. The van der Waals surface area contributed by atoms with E-state index in [0.717, 1.165) is 4.90 Å². The van der Waals surface area contributed by atoms with Crippen LogP contribution in [0.3, 0.4) is 0 Å². The summed E-state index contributed by atoms with van der Waals surface area (Å²) >= 11 is 0. The van der Waals surface area contributed by atoms with E-state index in [1.165, 1.54) is 11.5 Å². The minimum Gasteiger partial charge on any atom is -0.384 e. The lowest BCUT2D eigenvalue weighted by atomic mass is 10.0. The Morgan fingerprint density at radius 1 is 1.22 bits per heavy atom. The molecule has 2 aliphatic heterocycles. The summed E-state index contributed by atoms with van der Waals surface area (Å²) in [4.78, 5) is 60.8. The Bertz CT molecular complexity index is 837. The average molecular weight is 374 g/mol. The fourth-order valence-corrected chi connectivity index (χ4v) is 3.19. The highest BCUT2D eigenvalue weighted by molar-refractivity contribution is 6.25. The number of carbonyl (C=O) groups is 5. The first-order chi connectivity index (χ1) is 12.9. The summed E-state index contributed by atoms with van der Waals surface area (Å²) in [6, 6.07) is 3.73. The molecule has 0 aliphatic carbocycles. The number of hydrogen-bond donors (Lipinski definition) is 4. The van der Waals surface area contributed by atoms with Crippen LogP contribution < -0.4 is 16.1 Å². The molecule has 1 aromatic carbocycles. The van der Waals surface area contributed by atoms with Gasteiger partial charge in [-0.2, -0.15) is 0 Å². The molecule has 0 bridgehead atoms. The predicted molar refractivity (Wildman–Crippen MR) is 90.8 cm³/mol. The molecule has 1 aromatic rings. The molecule has 1 fully saturated rings. The van der Waals surface area contributed by atoms with Crippen LogP contribution in [0.1, 0.15) is 46.4 Å². The second-order valence-electron chi connectivity index (χ2n) is 6.24. The van der Waals surface area contributed by atoms with Gasteiger partial charge in [-0.3, -0.25) is 39.4 Å². The van der Waals surface area contributed by atoms with Gasteiger partial charge < -0.3 is 5.32 Å². The molecule has 27 heavy (non-hydrogen) atoms. The van der Waals surface area contributed by atoms with Crippen LogP contribution in [0.5, 0.6) is 0 Å². The van der Waals surface area contributed by atoms with Crippen molar-refractivity contribution in [3.8, 4) is 0 Å². The van der Waals surface area contributed by atoms with Crippen LogP contribution in [0.4, 0.5) is 5.69 Å². The third kappa shape index (κ3) is 3.51. The van der Waals surface area contributed by atoms with Gasteiger partial charge in [-0.1, -0.05) is 6.07 Å². The topological polar surface area (TPSA) is 145 Å². The van der Waals surface area contributed by atoms with Crippen LogP contribution >= 0.6 is 0 Å². The van der Waals surface area contributed by atoms with Gasteiger partial charge >= 0.3 is 0 Å². The Morgan fingerprint density at radius 3 is 2.70 bits per heavy atom. The number of imide groups is 2. The standard InChI is InChI=1S/C17H18N4O6/c22-12-7-6-11(15(24)19-12)21-16(25)9-3-1-4-10(14(9)17(21)26)18-8-2-5-13(23)20-27/h1,3-4,11,18,27H,2,5-8H2,(H,20,23)(H,19,22,24). The Hall–Kier alpha value is -3.27. The number of hydroxylamine groups is 1. The SMILES string of the molecule is O=C(CCCNc1cccc2c1C(=O)N(C1CCC(=O)NC1=O)C2=O)NO. The van der Waals surface area contributed by atoms with Crippen molar-refractivity contribution < 1.29 is 29.2 Å². The first-order valence-electron chi connectivity index (χ1n) is 8.45. The summed E-state index contributed by atoms with van der Waals surface area (Å²) in [5.74, 6) is -2.79. The smallest absolute Gasteiger partial charge is 0.264 e. The van der Waals surface area contributed by atoms with Gasteiger partial charge in [-0.05, 0) is 25.0 Å². The van der Waals surface area contributed by atoms with E-state index < -0.39 is 35.6 Å². The Labute approximate surface area is 153 Å². The molecule has 1 atom stereocenters. The van der Waals surface area contributed by atoms with E-state index in [1.807, 2.05) is 0 Å². The number of fused-ring (bicyclic) bond motifs is 1. The third-order valence-electron chi connectivity index (χ3n) is 4.49. The molecular weight excluding hydrogens is 356 g/mol. The van der Waals surface area contributed by atoms with Crippen LogP contribution in [0.25, 0.3) is 0 Å². The van der Waals surface area contributed by atoms with Gasteiger partial charge in [-0.15, -0.1) is 0 Å². The van der Waals surface area contributed by atoms with E-state index in [0.29, 0.717) is 18.7 Å². The lowest BCUT2D eigenvalue weighted by molar-refractivity contribution is -0.136. The van der Waals surface area contributed by atoms with Crippen LogP contribution in [0.2, 0.25) is 0 Å². The van der Waals surface area contributed by atoms with Gasteiger partial charge in [0.2, 0.25) is 17.7 Å². The first kappa shape index (κ1) is 18.5. The van der Waals surface area contributed by atoms with E-state index in [4.69, 9.17) is 5.21 Å². The van der Waals surface area contributed by atoms with E-state index in [2.05, 4.69) is 10.6 Å². The van der Waals surface area contributed by atoms with Crippen molar-refractivity contribution in [3.05, 3.63) is 29.3 Å². The molecule has 0 aromatic heterocycles. The van der Waals surface area contributed by atoms with Crippen LogP contribution in [-0.4, -0.2) is 52.2 Å². The Balaban J connectivity index is 1.77. The van der Waals surface area contributed by atoms with Crippen molar-refractivity contribution in [2.24, 2.45) is 0 Å². The normalized spacial score (nSPS) is 19.0. The number of amides is 5. The van der Waals surface area contributed by atoms with Gasteiger partial charge in [0, 0.05) is 25.1 Å². The average Bonchev–Trinajstić information content (AvgIpc) is 2.90. The maximum atomic E-state index is 12.8. The minimum absolute atomic E-state index is 0.0574. The summed E-state index contributed by atoms with van der Waals surface area (Å²) in [5.41, 5.74) is 2.30. The number of hydrogen-bond acceptors (Lipinski definition) is 7. The molecule has 4 N–H and O–H groups in total. The zero-order valence-electron chi connectivity index (χ0n) is 14.3. The monoisotopic (exact) mass is 374 g/mol. The molecular formula is C17H18N4O6. The van der Waals surface area contributed by atoms with Crippen molar-refractivity contribution >= 4 is 35.2 Å². The lowest BCUT2D eigenvalue weighted by Gasteiger charge is -2.27. The molecule has 142 valence electrons. The highest BCUT2D eigenvalue weighted by atomic mass is 16.5. The van der Waals surface area contributed by atoms with Gasteiger partial charge in [0.15, 0.2) is 0 Å². The van der Waals surface area contributed by atoms with Gasteiger partial charge in [0.1, 0.15) is 6.04 Å². The molecule has 10 heteroatoms. The number of benzene rings is 1. The molecule has 3 rings (SSSR count). The van der Waals surface area contributed by atoms with E-state index >= 15 is 0 Å². The maximum Gasteiger partial charge on any atom is 0.264 e.